The smallest absolute Gasteiger partial charge is 0.294 e. The molecule has 2 aliphatic carbocycles. The van der Waals surface area contributed by atoms with Crippen molar-refractivity contribution in [1.29, 1.82) is 0 Å². The molecule has 8 heteroatoms. The molecule has 0 spiro atoms. The summed E-state index contributed by atoms with van der Waals surface area (Å²) in [5.74, 6) is -1.45. The van der Waals surface area contributed by atoms with Crippen LogP contribution in [0.15, 0.2) is 54.6 Å². The maximum atomic E-state index is 13.8. The predicted molar refractivity (Wildman–Crippen MR) is 112 cm³/mol. The molecule has 1 heterocycles. The largest absolute Gasteiger partial charge is 0.379 e. The predicted octanol–water partition coefficient (Wildman–Crippen LogP) is 3.70. The second-order valence-electron chi connectivity index (χ2n) is 8.24. The Bertz CT molecular complexity index is 1100. The Kier molecular flexibility index (Phi) is 4.57. The van der Waals surface area contributed by atoms with Crippen molar-refractivity contribution in [2.24, 2.45) is 23.7 Å². The first-order chi connectivity index (χ1) is 15.0. The number of benzene rings is 2. The van der Waals surface area contributed by atoms with E-state index in [1.54, 1.807) is 24.3 Å². The standard InChI is InChI=1S/C23H20FN3O4/c24-17-4-2-1-3-13(17)9-10-25-18-8-7-16(12-19(18)27(30)31)26-22(28)20-14-5-6-15(11-14)21(20)23(26)29/h1-8,12,14-15,20-21,25H,9-11H2/t14-,15-,20-,21-/m0/s1. The number of nitrogens with one attached hydrogen (secondary N) is 1. The number of anilines is 2. The quantitative estimate of drug-likeness (QED) is 0.332. The first kappa shape index (κ1) is 19.4. The Morgan fingerprint density at radius 1 is 1.06 bits per heavy atom. The molecule has 1 saturated carbocycles. The topological polar surface area (TPSA) is 92.6 Å². The van der Waals surface area contributed by atoms with Gasteiger partial charge in [0.1, 0.15) is 11.5 Å². The van der Waals surface area contributed by atoms with Gasteiger partial charge in [0, 0.05) is 12.6 Å². The summed E-state index contributed by atoms with van der Waals surface area (Å²) < 4.78 is 13.8. The summed E-state index contributed by atoms with van der Waals surface area (Å²) in [6, 6.07) is 10.7. The van der Waals surface area contributed by atoms with E-state index in [-0.39, 0.29) is 58.4 Å². The van der Waals surface area contributed by atoms with Crippen LogP contribution in [-0.2, 0) is 16.0 Å². The van der Waals surface area contributed by atoms with Crippen molar-refractivity contribution in [1.82, 2.24) is 0 Å². The first-order valence-corrected chi connectivity index (χ1v) is 10.3. The summed E-state index contributed by atoms with van der Waals surface area (Å²) in [5.41, 5.74) is 0.753. The van der Waals surface area contributed by atoms with Crippen molar-refractivity contribution in [2.45, 2.75) is 12.8 Å². The zero-order valence-electron chi connectivity index (χ0n) is 16.5. The summed E-state index contributed by atoms with van der Waals surface area (Å²) in [6.45, 7) is 0.294. The van der Waals surface area contributed by atoms with Crippen LogP contribution in [0.2, 0.25) is 0 Å². The number of hydrogen-bond acceptors (Lipinski definition) is 5. The Hall–Kier alpha value is -3.55. The Balaban J connectivity index is 1.36. The molecule has 31 heavy (non-hydrogen) atoms. The van der Waals surface area contributed by atoms with E-state index in [2.05, 4.69) is 5.32 Å². The van der Waals surface area contributed by atoms with E-state index in [1.807, 2.05) is 12.2 Å². The van der Waals surface area contributed by atoms with Gasteiger partial charge in [-0.1, -0.05) is 30.4 Å². The third-order valence-corrected chi connectivity index (χ3v) is 6.57. The molecule has 1 N–H and O–H groups in total. The third kappa shape index (κ3) is 3.10. The van der Waals surface area contributed by atoms with Crippen molar-refractivity contribution in [3.8, 4) is 0 Å². The summed E-state index contributed by atoms with van der Waals surface area (Å²) in [4.78, 5) is 38.1. The summed E-state index contributed by atoms with van der Waals surface area (Å²) in [5, 5.41) is 14.6. The number of nitrogens with zero attached hydrogens (tertiary/aromatic N) is 2. The van der Waals surface area contributed by atoms with E-state index in [1.165, 1.54) is 18.2 Å². The van der Waals surface area contributed by atoms with Gasteiger partial charge in [-0.15, -0.1) is 0 Å². The number of halogens is 1. The van der Waals surface area contributed by atoms with Gasteiger partial charge in [-0.2, -0.15) is 0 Å². The van der Waals surface area contributed by atoms with Crippen LogP contribution in [0.5, 0.6) is 0 Å². The fraction of sp³-hybridized carbons (Fsp3) is 0.304. The molecule has 4 atom stereocenters. The summed E-state index contributed by atoms with van der Waals surface area (Å²) in [7, 11) is 0. The van der Waals surface area contributed by atoms with Crippen LogP contribution >= 0.6 is 0 Å². The van der Waals surface area contributed by atoms with Gasteiger partial charge in [-0.05, 0) is 48.4 Å². The molecule has 3 aliphatic rings. The molecule has 5 rings (SSSR count). The van der Waals surface area contributed by atoms with E-state index in [9.17, 15) is 24.1 Å². The Morgan fingerprint density at radius 3 is 2.39 bits per heavy atom. The lowest BCUT2D eigenvalue weighted by Crippen LogP contribution is -2.32. The highest BCUT2D eigenvalue weighted by atomic mass is 19.1. The fourth-order valence-corrected chi connectivity index (χ4v) is 5.15. The van der Waals surface area contributed by atoms with Crippen molar-refractivity contribution >= 4 is 28.9 Å². The van der Waals surface area contributed by atoms with Crippen molar-refractivity contribution in [3.05, 3.63) is 76.1 Å². The van der Waals surface area contributed by atoms with Crippen LogP contribution < -0.4 is 10.2 Å². The van der Waals surface area contributed by atoms with Crippen molar-refractivity contribution in [2.75, 3.05) is 16.8 Å². The minimum Gasteiger partial charge on any atom is -0.379 e. The van der Waals surface area contributed by atoms with Gasteiger partial charge < -0.3 is 5.32 Å². The van der Waals surface area contributed by atoms with Gasteiger partial charge in [-0.25, -0.2) is 9.29 Å². The maximum absolute atomic E-state index is 13.8. The summed E-state index contributed by atoms with van der Waals surface area (Å²) >= 11 is 0. The number of fused-ring (bicyclic) bond motifs is 5. The number of carbonyl (C=O) groups is 2. The number of hydrogen-bond donors (Lipinski definition) is 1. The van der Waals surface area contributed by atoms with E-state index in [0.717, 1.165) is 11.3 Å². The number of allylic oxidation sites excluding steroid dienone is 2. The molecule has 2 amide bonds. The number of carbonyl (C=O) groups excluding carboxylic acids is 2. The molecule has 2 aromatic carbocycles. The fourth-order valence-electron chi connectivity index (χ4n) is 5.15. The average Bonchev–Trinajstić information content (AvgIpc) is 3.43. The van der Waals surface area contributed by atoms with E-state index < -0.39 is 4.92 Å². The maximum Gasteiger partial charge on any atom is 0.294 e. The second-order valence-corrected chi connectivity index (χ2v) is 8.24. The molecule has 2 fully saturated rings. The van der Waals surface area contributed by atoms with Gasteiger partial charge in [0.15, 0.2) is 0 Å². The SMILES string of the molecule is O=C1[C@@H]2[C@@H](C(=O)N1c1ccc(NCCc3ccccc3F)c([N+](=O)[O-])c1)[C@H]1C=C[C@H]2C1. The lowest BCUT2D eigenvalue weighted by Gasteiger charge is -2.18. The van der Waals surface area contributed by atoms with E-state index >= 15 is 0 Å². The highest BCUT2D eigenvalue weighted by molar-refractivity contribution is 6.23. The van der Waals surface area contributed by atoms with Crippen molar-refractivity contribution < 1.29 is 18.9 Å². The molecular formula is C23H20FN3O4. The average molecular weight is 421 g/mol. The molecular weight excluding hydrogens is 401 g/mol. The number of amides is 2. The van der Waals surface area contributed by atoms with E-state index in [4.69, 9.17) is 0 Å². The number of rotatable bonds is 6. The first-order valence-electron chi connectivity index (χ1n) is 10.3. The zero-order chi connectivity index (χ0) is 21.7. The van der Waals surface area contributed by atoms with Gasteiger partial charge in [-0.3, -0.25) is 19.7 Å². The third-order valence-electron chi connectivity index (χ3n) is 6.57. The van der Waals surface area contributed by atoms with Gasteiger partial charge in [0.25, 0.3) is 5.69 Å². The lowest BCUT2D eigenvalue weighted by molar-refractivity contribution is -0.383. The number of nitro benzene ring substituents is 1. The Labute approximate surface area is 177 Å². The monoisotopic (exact) mass is 421 g/mol. The molecule has 2 aromatic rings. The molecule has 0 radical (unpaired) electrons. The van der Waals surface area contributed by atoms with Crippen LogP contribution in [0.3, 0.4) is 0 Å². The highest BCUT2D eigenvalue weighted by Crippen LogP contribution is 2.53. The molecule has 1 aliphatic heterocycles. The Morgan fingerprint density at radius 2 is 1.74 bits per heavy atom. The van der Waals surface area contributed by atoms with E-state index in [0.29, 0.717) is 18.5 Å². The van der Waals surface area contributed by atoms with Crippen LogP contribution in [0.1, 0.15) is 12.0 Å². The molecule has 158 valence electrons. The highest BCUT2D eigenvalue weighted by Gasteiger charge is 2.59. The van der Waals surface area contributed by atoms with Gasteiger partial charge >= 0.3 is 0 Å². The zero-order valence-corrected chi connectivity index (χ0v) is 16.5. The van der Waals surface area contributed by atoms with Crippen LogP contribution in [-0.4, -0.2) is 23.3 Å². The molecule has 7 nitrogen and oxygen atoms in total. The van der Waals surface area contributed by atoms with Gasteiger partial charge in [0.05, 0.1) is 22.4 Å². The van der Waals surface area contributed by atoms with Crippen LogP contribution in [0, 0.1) is 39.6 Å². The molecule has 1 saturated heterocycles. The molecule has 0 unspecified atom stereocenters. The van der Waals surface area contributed by atoms with Crippen LogP contribution in [0.4, 0.5) is 21.5 Å². The number of imide groups is 1. The molecule has 0 aromatic heterocycles. The molecule has 2 bridgehead atoms. The van der Waals surface area contributed by atoms with Crippen molar-refractivity contribution in [3.63, 3.8) is 0 Å². The summed E-state index contributed by atoms with van der Waals surface area (Å²) in [6.07, 6.45) is 5.19. The van der Waals surface area contributed by atoms with Crippen LogP contribution in [0.25, 0.3) is 0 Å². The lowest BCUT2D eigenvalue weighted by atomic mass is 9.85. The second kappa shape index (κ2) is 7.30. The minimum absolute atomic E-state index is 0.0748. The minimum atomic E-state index is -0.550. The normalized spacial score (nSPS) is 25.9. The van der Waals surface area contributed by atoms with Gasteiger partial charge in [0.2, 0.25) is 11.8 Å². The number of nitro groups is 1.